The molecule has 2 unspecified atom stereocenters. The molecule has 2 atom stereocenters. The highest BCUT2D eigenvalue weighted by atomic mass is 79.9. The third kappa shape index (κ3) is 5.56. The fraction of sp³-hybridized carbons (Fsp3) is 0.211. The topological polar surface area (TPSA) is 77.2 Å². The van der Waals surface area contributed by atoms with Crippen LogP contribution in [0.3, 0.4) is 0 Å². The SMILES string of the molecule is CC(Sc1nnc(C(C)Oc2ccc(F)cc2)o1)C(=O)Nc1ccc(Br)cc1. The first-order valence-electron chi connectivity index (χ1n) is 8.39. The van der Waals surface area contributed by atoms with Crippen molar-refractivity contribution < 1.29 is 18.3 Å². The van der Waals surface area contributed by atoms with E-state index in [1.54, 1.807) is 26.0 Å². The van der Waals surface area contributed by atoms with Gasteiger partial charge in [-0.3, -0.25) is 4.79 Å². The highest BCUT2D eigenvalue weighted by molar-refractivity contribution is 9.10. The Balaban J connectivity index is 1.56. The highest BCUT2D eigenvalue weighted by Crippen LogP contribution is 2.27. The van der Waals surface area contributed by atoms with Gasteiger partial charge >= 0.3 is 0 Å². The third-order valence-electron chi connectivity index (χ3n) is 3.65. The summed E-state index contributed by atoms with van der Waals surface area (Å²) >= 11 is 4.51. The Hall–Kier alpha value is -2.39. The largest absolute Gasteiger partial charge is 0.481 e. The van der Waals surface area contributed by atoms with Gasteiger partial charge < -0.3 is 14.5 Å². The normalized spacial score (nSPS) is 13.0. The predicted molar refractivity (Wildman–Crippen MR) is 108 cm³/mol. The van der Waals surface area contributed by atoms with Crippen molar-refractivity contribution in [1.82, 2.24) is 10.2 Å². The van der Waals surface area contributed by atoms with Gasteiger partial charge in [0.15, 0.2) is 6.10 Å². The van der Waals surface area contributed by atoms with E-state index < -0.39 is 11.4 Å². The zero-order chi connectivity index (χ0) is 20.1. The summed E-state index contributed by atoms with van der Waals surface area (Å²) < 4.78 is 25.1. The minimum absolute atomic E-state index is 0.178. The molecule has 1 N–H and O–H groups in total. The Morgan fingerprint density at radius 3 is 2.50 bits per heavy atom. The Labute approximate surface area is 174 Å². The lowest BCUT2D eigenvalue weighted by molar-refractivity contribution is -0.115. The van der Waals surface area contributed by atoms with Gasteiger partial charge in [0, 0.05) is 10.2 Å². The van der Waals surface area contributed by atoms with Gasteiger partial charge in [0.2, 0.25) is 5.91 Å². The maximum Gasteiger partial charge on any atom is 0.277 e. The highest BCUT2D eigenvalue weighted by Gasteiger charge is 2.21. The van der Waals surface area contributed by atoms with Gasteiger partial charge in [-0.15, -0.1) is 10.2 Å². The number of carbonyl (C=O) groups is 1. The minimum Gasteiger partial charge on any atom is -0.481 e. The molecule has 28 heavy (non-hydrogen) atoms. The Bertz CT molecular complexity index is 934. The van der Waals surface area contributed by atoms with Crippen molar-refractivity contribution >= 4 is 39.3 Å². The molecule has 2 aromatic carbocycles. The van der Waals surface area contributed by atoms with E-state index in [-0.39, 0.29) is 22.8 Å². The molecular weight excluding hydrogens is 449 g/mol. The number of aromatic nitrogens is 2. The Morgan fingerprint density at radius 2 is 1.82 bits per heavy atom. The molecule has 0 saturated carbocycles. The van der Waals surface area contributed by atoms with Crippen molar-refractivity contribution in [3.05, 3.63) is 64.7 Å². The summed E-state index contributed by atoms with van der Waals surface area (Å²) in [4.78, 5) is 12.3. The molecule has 0 fully saturated rings. The lowest BCUT2D eigenvalue weighted by Crippen LogP contribution is -2.22. The van der Waals surface area contributed by atoms with Crippen molar-refractivity contribution in [2.75, 3.05) is 5.32 Å². The van der Waals surface area contributed by atoms with E-state index in [4.69, 9.17) is 9.15 Å². The molecule has 3 aromatic rings. The second-order valence-corrected chi connectivity index (χ2v) is 8.08. The summed E-state index contributed by atoms with van der Waals surface area (Å²) in [6.45, 7) is 3.50. The fourth-order valence-electron chi connectivity index (χ4n) is 2.18. The molecule has 0 aliphatic carbocycles. The number of anilines is 1. The molecule has 0 aliphatic heterocycles. The van der Waals surface area contributed by atoms with Gasteiger partial charge in [-0.2, -0.15) is 0 Å². The molecule has 9 heteroatoms. The van der Waals surface area contributed by atoms with E-state index in [0.717, 1.165) is 16.2 Å². The molecule has 0 spiro atoms. The molecule has 0 saturated heterocycles. The number of rotatable bonds is 7. The Kier molecular flexibility index (Phi) is 6.69. The number of carbonyl (C=O) groups excluding carboxylic acids is 1. The van der Waals surface area contributed by atoms with Crippen molar-refractivity contribution in [2.24, 2.45) is 0 Å². The second kappa shape index (κ2) is 9.20. The quantitative estimate of drug-likeness (QED) is 0.481. The van der Waals surface area contributed by atoms with Crippen LogP contribution in [0.2, 0.25) is 0 Å². The van der Waals surface area contributed by atoms with E-state index in [1.165, 1.54) is 24.3 Å². The van der Waals surface area contributed by atoms with E-state index in [1.807, 2.05) is 12.1 Å². The summed E-state index contributed by atoms with van der Waals surface area (Å²) in [6, 6.07) is 13.0. The molecular formula is C19H17BrFN3O3S. The summed E-state index contributed by atoms with van der Waals surface area (Å²) in [6.07, 6.45) is -0.515. The first-order chi connectivity index (χ1) is 13.4. The lowest BCUT2D eigenvalue weighted by Gasteiger charge is -2.11. The molecule has 0 aliphatic rings. The number of thioether (sulfide) groups is 1. The van der Waals surface area contributed by atoms with Crippen molar-refractivity contribution in [3.8, 4) is 5.75 Å². The van der Waals surface area contributed by atoms with Crippen molar-refractivity contribution in [3.63, 3.8) is 0 Å². The average Bonchev–Trinajstić information content (AvgIpc) is 3.14. The van der Waals surface area contributed by atoms with Crippen LogP contribution in [-0.2, 0) is 4.79 Å². The number of ether oxygens (including phenoxy) is 1. The molecule has 146 valence electrons. The summed E-state index contributed by atoms with van der Waals surface area (Å²) in [5, 5.41) is 10.6. The van der Waals surface area contributed by atoms with Crippen LogP contribution < -0.4 is 10.1 Å². The molecule has 1 heterocycles. The van der Waals surface area contributed by atoms with Crippen LogP contribution in [-0.4, -0.2) is 21.4 Å². The van der Waals surface area contributed by atoms with Gasteiger partial charge in [0.25, 0.3) is 11.1 Å². The number of nitrogens with zero attached hydrogens (tertiary/aromatic N) is 2. The van der Waals surface area contributed by atoms with Crippen molar-refractivity contribution in [1.29, 1.82) is 0 Å². The molecule has 6 nitrogen and oxygen atoms in total. The molecule has 3 rings (SSSR count). The van der Waals surface area contributed by atoms with Gasteiger partial charge in [0.05, 0.1) is 5.25 Å². The molecule has 0 radical (unpaired) electrons. The summed E-state index contributed by atoms with van der Waals surface area (Å²) in [5.74, 6) is 0.241. The average molecular weight is 466 g/mol. The van der Waals surface area contributed by atoms with Crippen LogP contribution in [0.5, 0.6) is 5.75 Å². The van der Waals surface area contributed by atoms with Gasteiger partial charge in [-0.05, 0) is 62.4 Å². The molecule has 1 amide bonds. The van der Waals surface area contributed by atoms with Crippen LogP contribution in [0.25, 0.3) is 0 Å². The van der Waals surface area contributed by atoms with Crippen LogP contribution in [0.15, 0.2) is 62.6 Å². The Morgan fingerprint density at radius 1 is 1.14 bits per heavy atom. The summed E-state index contributed by atoms with van der Waals surface area (Å²) in [7, 11) is 0. The first-order valence-corrected chi connectivity index (χ1v) is 10.1. The fourth-order valence-corrected chi connectivity index (χ4v) is 3.14. The number of halogens is 2. The van der Waals surface area contributed by atoms with Crippen LogP contribution in [0.4, 0.5) is 10.1 Å². The predicted octanol–water partition coefficient (Wildman–Crippen LogP) is 5.23. The van der Waals surface area contributed by atoms with Gasteiger partial charge in [-0.1, -0.05) is 27.7 Å². The van der Waals surface area contributed by atoms with Gasteiger partial charge in [0.1, 0.15) is 11.6 Å². The standard InChI is InChI=1S/C19H17BrFN3O3S/c1-11(26-16-9-5-14(21)6-10-16)18-23-24-19(27-18)28-12(2)17(25)22-15-7-3-13(20)4-8-15/h3-12H,1-2H3,(H,22,25). The zero-order valence-electron chi connectivity index (χ0n) is 15.1. The first kappa shape index (κ1) is 20.3. The van der Waals surface area contributed by atoms with E-state index in [0.29, 0.717) is 11.4 Å². The number of benzene rings is 2. The zero-order valence-corrected chi connectivity index (χ0v) is 17.5. The van der Waals surface area contributed by atoms with Crippen molar-refractivity contribution in [2.45, 2.75) is 30.4 Å². The maximum absolute atomic E-state index is 13.0. The van der Waals surface area contributed by atoms with E-state index >= 15 is 0 Å². The maximum atomic E-state index is 13.0. The smallest absolute Gasteiger partial charge is 0.277 e. The van der Waals surface area contributed by atoms with Gasteiger partial charge in [-0.25, -0.2) is 4.39 Å². The van der Waals surface area contributed by atoms with Crippen LogP contribution >= 0.6 is 27.7 Å². The third-order valence-corrected chi connectivity index (χ3v) is 5.12. The van der Waals surface area contributed by atoms with E-state index in [9.17, 15) is 9.18 Å². The second-order valence-electron chi connectivity index (χ2n) is 5.88. The van der Waals surface area contributed by atoms with Crippen LogP contribution in [0, 0.1) is 5.82 Å². The number of amides is 1. The minimum atomic E-state index is -0.515. The monoisotopic (exact) mass is 465 g/mol. The number of hydrogen-bond acceptors (Lipinski definition) is 6. The molecule has 0 bridgehead atoms. The summed E-state index contributed by atoms with van der Waals surface area (Å²) in [5.41, 5.74) is 0.702. The van der Waals surface area contributed by atoms with Crippen LogP contribution in [0.1, 0.15) is 25.8 Å². The number of hydrogen-bond donors (Lipinski definition) is 1. The van der Waals surface area contributed by atoms with E-state index in [2.05, 4.69) is 31.4 Å². The molecule has 1 aromatic heterocycles. The lowest BCUT2D eigenvalue weighted by atomic mass is 10.3. The number of nitrogens with one attached hydrogen (secondary N) is 1.